The predicted molar refractivity (Wildman–Crippen MR) is 60.8 cm³/mol. The molecule has 0 bridgehead atoms. The highest BCUT2D eigenvalue weighted by Crippen LogP contribution is 2.16. The zero-order valence-corrected chi connectivity index (χ0v) is 9.69. The number of hydrogen-bond acceptors (Lipinski definition) is 6. The molecule has 1 unspecified atom stereocenters. The number of aliphatic imine (C=N–C) groups is 1. The fourth-order valence-electron chi connectivity index (χ4n) is 1.32. The number of nitriles is 1. The number of carbonyl (C=O) groups excluding carboxylic acids is 1. The number of aliphatic hydroxyl groups excluding tert-OH is 2. The molecule has 0 aromatic heterocycles. The van der Waals surface area contributed by atoms with E-state index in [1.54, 1.807) is 0 Å². The molecule has 1 atom stereocenters. The number of nitrogens with two attached hydrogens (primary N) is 1. The van der Waals surface area contributed by atoms with Crippen molar-refractivity contribution >= 4 is 11.9 Å². The fourth-order valence-corrected chi connectivity index (χ4v) is 1.32. The van der Waals surface area contributed by atoms with Gasteiger partial charge in [0, 0.05) is 6.08 Å². The largest absolute Gasteiger partial charge is 0.451 e. The van der Waals surface area contributed by atoms with Crippen LogP contribution >= 0.6 is 0 Å². The summed E-state index contributed by atoms with van der Waals surface area (Å²) < 4.78 is 4.72. The molecule has 0 aromatic rings. The summed E-state index contributed by atoms with van der Waals surface area (Å²) in [5.41, 5.74) is 5.38. The molecule has 8 nitrogen and oxygen atoms in total. The van der Waals surface area contributed by atoms with Crippen molar-refractivity contribution in [3.8, 4) is 6.07 Å². The first-order valence-electron chi connectivity index (χ1n) is 5.23. The third-order valence-corrected chi connectivity index (χ3v) is 2.44. The smallest absolute Gasteiger partial charge is 0.394 e. The molecule has 0 aromatic carbocycles. The highest BCUT2D eigenvalue weighted by molar-refractivity contribution is 5.99. The van der Waals surface area contributed by atoms with Crippen molar-refractivity contribution in [2.75, 3.05) is 26.5 Å². The number of amidine groups is 1. The highest BCUT2D eigenvalue weighted by Gasteiger charge is 2.38. The average molecular weight is 255 g/mol. The third kappa shape index (κ3) is 3.12. The lowest BCUT2D eigenvalue weighted by atomic mass is 10.3. The van der Waals surface area contributed by atoms with Crippen LogP contribution in [-0.2, 0) is 4.74 Å². The minimum absolute atomic E-state index is 0.0626. The van der Waals surface area contributed by atoms with Gasteiger partial charge in [0.25, 0.3) is 0 Å². The van der Waals surface area contributed by atoms with Gasteiger partial charge in [-0.25, -0.2) is 4.79 Å². The van der Waals surface area contributed by atoms with Crippen LogP contribution in [0.5, 0.6) is 0 Å². The molecule has 0 aliphatic carbocycles. The molecule has 1 rings (SSSR count). The van der Waals surface area contributed by atoms with E-state index >= 15 is 0 Å². The molecule has 98 valence electrons. The number of carbonyl (C=O) groups is 1. The molecule has 8 heteroatoms. The summed E-state index contributed by atoms with van der Waals surface area (Å²) in [7, 11) is 0. The van der Waals surface area contributed by atoms with Gasteiger partial charge in [-0.3, -0.25) is 0 Å². The Hall–Kier alpha value is -1.79. The molecule has 1 heterocycles. The molecule has 18 heavy (non-hydrogen) atoms. The molecular formula is C10H15N4O4+. The number of rotatable bonds is 6. The van der Waals surface area contributed by atoms with E-state index in [4.69, 9.17) is 25.9 Å². The quantitative estimate of drug-likeness (QED) is 0.398. The highest BCUT2D eigenvalue weighted by atomic mass is 16.5. The van der Waals surface area contributed by atoms with Crippen LogP contribution in [0.3, 0.4) is 0 Å². The van der Waals surface area contributed by atoms with E-state index in [-0.39, 0.29) is 32.3 Å². The first-order chi connectivity index (χ1) is 8.57. The molecule has 2 amide bonds. The Morgan fingerprint density at radius 2 is 2.22 bits per heavy atom. The molecular weight excluding hydrogens is 240 g/mol. The topological polar surface area (TPSA) is 129 Å². The first-order valence-corrected chi connectivity index (χ1v) is 5.23. The molecule has 0 spiro atoms. The number of aliphatic hydroxyl groups is 2. The molecule has 0 saturated heterocycles. The van der Waals surface area contributed by atoms with Gasteiger partial charge in [0.05, 0.1) is 13.2 Å². The summed E-state index contributed by atoms with van der Waals surface area (Å²) in [4.78, 5) is 15.4. The van der Waals surface area contributed by atoms with Gasteiger partial charge in [-0.1, -0.05) is 0 Å². The van der Waals surface area contributed by atoms with E-state index < -0.39 is 16.6 Å². The van der Waals surface area contributed by atoms with Crippen LogP contribution in [0.2, 0.25) is 0 Å². The van der Waals surface area contributed by atoms with E-state index in [0.717, 1.165) is 0 Å². The molecule has 4 N–H and O–H groups in total. The lowest BCUT2D eigenvalue weighted by Crippen LogP contribution is -2.52. The van der Waals surface area contributed by atoms with E-state index in [2.05, 4.69) is 4.99 Å². The van der Waals surface area contributed by atoms with Crippen LogP contribution in [0.25, 0.3) is 0 Å². The number of quaternary nitrogens is 1. The van der Waals surface area contributed by atoms with E-state index in [9.17, 15) is 4.79 Å². The van der Waals surface area contributed by atoms with Crippen LogP contribution in [0.1, 0.15) is 0 Å². The minimum atomic E-state index is -0.803. The van der Waals surface area contributed by atoms with Gasteiger partial charge in [0.2, 0.25) is 0 Å². The van der Waals surface area contributed by atoms with Crippen LogP contribution in [0.4, 0.5) is 4.79 Å². The number of ether oxygens (including phenoxy) is 1. The van der Waals surface area contributed by atoms with Crippen molar-refractivity contribution in [3.05, 3.63) is 12.3 Å². The van der Waals surface area contributed by atoms with E-state index in [0.29, 0.717) is 0 Å². The van der Waals surface area contributed by atoms with E-state index in [1.807, 2.05) is 6.07 Å². The van der Waals surface area contributed by atoms with Crippen molar-refractivity contribution in [1.29, 1.82) is 5.26 Å². The molecule has 0 saturated carbocycles. The number of amides is 2. The average Bonchev–Trinajstić information content (AvgIpc) is 2.35. The van der Waals surface area contributed by atoms with Crippen LogP contribution in [0.15, 0.2) is 17.3 Å². The third-order valence-electron chi connectivity index (χ3n) is 2.44. The zero-order chi connectivity index (χ0) is 13.6. The SMILES string of the molecule is N#CC[N+]1(COC(CO)CO)C=CC(N)=NC1=O. The predicted octanol–water partition coefficient (Wildman–Crippen LogP) is -1.34. The second-order valence-corrected chi connectivity index (χ2v) is 3.77. The van der Waals surface area contributed by atoms with Crippen molar-refractivity contribution in [1.82, 2.24) is 0 Å². The zero-order valence-electron chi connectivity index (χ0n) is 9.69. The summed E-state index contributed by atoms with van der Waals surface area (Å²) in [5.74, 6) is 0.0626. The summed E-state index contributed by atoms with van der Waals surface area (Å²) >= 11 is 0. The van der Waals surface area contributed by atoms with Gasteiger partial charge in [0.1, 0.15) is 24.2 Å². The van der Waals surface area contributed by atoms with Crippen LogP contribution in [0, 0.1) is 11.3 Å². The minimum Gasteiger partial charge on any atom is -0.394 e. The Morgan fingerprint density at radius 1 is 1.56 bits per heavy atom. The van der Waals surface area contributed by atoms with Gasteiger partial charge < -0.3 is 20.7 Å². The van der Waals surface area contributed by atoms with Crippen LogP contribution in [-0.4, -0.2) is 59.2 Å². The molecule has 0 radical (unpaired) electrons. The Bertz CT molecular complexity index is 411. The Morgan fingerprint density at radius 3 is 2.72 bits per heavy atom. The Kier molecular flexibility index (Phi) is 4.94. The van der Waals surface area contributed by atoms with Gasteiger partial charge in [-0.2, -0.15) is 9.74 Å². The lowest BCUT2D eigenvalue weighted by molar-refractivity contribution is -0.814. The molecule has 1 aliphatic rings. The number of nitrogens with zero attached hydrogens (tertiary/aromatic N) is 3. The normalized spacial score (nSPS) is 23.0. The fraction of sp³-hybridized carbons (Fsp3) is 0.500. The Balaban J connectivity index is 2.80. The van der Waals surface area contributed by atoms with Gasteiger partial charge in [-0.05, 0) is 0 Å². The van der Waals surface area contributed by atoms with Crippen molar-refractivity contribution in [2.24, 2.45) is 10.7 Å². The standard InChI is InChI=1S/C10H14N4O4/c11-2-4-14(7-18-8(5-15)6-16)3-1-9(12)13-10(14)17/h1,3,8,15-16H,4-7H2,(H-,12,13,17)/p+1. The van der Waals surface area contributed by atoms with Gasteiger partial charge >= 0.3 is 6.03 Å². The summed E-state index contributed by atoms with van der Waals surface area (Å²) in [6, 6.07) is 1.25. The summed E-state index contributed by atoms with van der Waals surface area (Å²) in [5, 5.41) is 26.5. The Labute approximate surface area is 104 Å². The molecule has 0 fully saturated rings. The van der Waals surface area contributed by atoms with Gasteiger partial charge in [-0.15, -0.1) is 4.99 Å². The van der Waals surface area contributed by atoms with Crippen molar-refractivity contribution in [3.63, 3.8) is 0 Å². The van der Waals surface area contributed by atoms with E-state index in [1.165, 1.54) is 12.3 Å². The van der Waals surface area contributed by atoms with Crippen LogP contribution < -0.4 is 5.73 Å². The maximum Gasteiger partial charge on any atom is 0.451 e. The van der Waals surface area contributed by atoms with Crippen molar-refractivity contribution in [2.45, 2.75) is 6.10 Å². The number of hydrogen-bond donors (Lipinski definition) is 3. The maximum absolute atomic E-state index is 11.8. The maximum atomic E-state index is 11.8. The van der Waals surface area contributed by atoms with Gasteiger partial charge in [0.15, 0.2) is 13.3 Å². The van der Waals surface area contributed by atoms with Crippen molar-refractivity contribution < 1.29 is 24.2 Å². The number of urea groups is 1. The monoisotopic (exact) mass is 255 g/mol. The lowest BCUT2D eigenvalue weighted by Gasteiger charge is -2.29. The molecule has 1 aliphatic heterocycles. The second-order valence-electron chi connectivity index (χ2n) is 3.77. The first kappa shape index (κ1) is 14.3. The summed E-state index contributed by atoms with van der Waals surface area (Å²) in [6.07, 6.45) is 2.03. The summed E-state index contributed by atoms with van der Waals surface area (Å²) in [6.45, 7) is -1.14. The second kappa shape index (κ2) is 6.23.